The molecular formula is C15H16F2N2OS. The van der Waals surface area contributed by atoms with Crippen molar-refractivity contribution < 1.29 is 13.6 Å². The quantitative estimate of drug-likeness (QED) is 0.914. The molecule has 0 bridgehead atoms. The number of likely N-dealkylation sites (N-methyl/N-ethyl adjacent to an activating group) is 1. The Kier molecular flexibility index (Phi) is 5.03. The molecule has 2 rings (SSSR count). The average Bonchev–Trinajstić information content (AvgIpc) is 2.96. The summed E-state index contributed by atoms with van der Waals surface area (Å²) in [5, 5.41) is 4.25. The van der Waals surface area contributed by atoms with Gasteiger partial charge in [0.15, 0.2) is 0 Å². The van der Waals surface area contributed by atoms with Crippen molar-refractivity contribution in [2.24, 2.45) is 0 Å². The molecule has 21 heavy (non-hydrogen) atoms. The highest BCUT2D eigenvalue weighted by Crippen LogP contribution is 2.23. The fourth-order valence-corrected chi connectivity index (χ4v) is 2.75. The predicted octanol–water partition coefficient (Wildman–Crippen LogP) is 3.66. The smallest absolute Gasteiger partial charge is 0.238 e. The number of carbonyl (C=O) groups is 1. The summed E-state index contributed by atoms with van der Waals surface area (Å²) in [7, 11) is 1.79. The van der Waals surface area contributed by atoms with Gasteiger partial charge in [-0.25, -0.2) is 8.78 Å². The Hall–Kier alpha value is -1.79. The second-order valence-electron chi connectivity index (χ2n) is 4.75. The van der Waals surface area contributed by atoms with Crippen molar-refractivity contribution in [1.29, 1.82) is 0 Å². The first-order valence-corrected chi connectivity index (χ1v) is 7.34. The molecule has 1 unspecified atom stereocenters. The van der Waals surface area contributed by atoms with Crippen LogP contribution in [0, 0.1) is 11.6 Å². The summed E-state index contributed by atoms with van der Waals surface area (Å²) in [6.07, 6.45) is 0. The summed E-state index contributed by atoms with van der Waals surface area (Å²) in [6.45, 7) is 2.02. The minimum Gasteiger partial charge on any atom is -0.320 e. The highest BCUT2D eigenvalue weighted by molar-refractivity contribution is 7.10. The number of nitrogens with zero attached hydrogens (tertiary/aromatic N) is 1. The average molecular weight is 310 g/mol. The Labute approximate surface area is 126 Å². The van der Waals surface area contributed by atoms with Crippen molar-refractivity contribution in [3.8, 4) is 0 Å². The van der Waals surface area contributed by atoms with Gasteiger partial charge in [0.1, 0.15) is 17.3 Å². The molecule has 1 N–H and O–H groups in total. The van der Waals surface area contributed by atoms with Crippen LogP contribution >= 0.6 is 11.3 Å². The second-order valence-corrected chi connectivity index (χ2v) is 5.73. The second kappa shape index (κ2) is 6.78. The zero-order chi connectivity index (χ0) is 15.4. The van der Waals surface area contributed by atoms with Crippen molar-refractivity contribution in [1.82, 2.24) is 4.90 Å². The lowest BCUT2D eigenvalue weighted by Crippen LogP contribution is -2.32. The number of thiophene rings is 1. The van der Waals surface area contributed by atoms with E-state index in [2.05, 4.69) is 5.32 Å². The third kappa shape index (κ3) is 3.86. The monoisotopic (exact) mass is 310 g/mol. The van der Waals surface area contributed by atoms with Crippen LogP contribution in [0.5, 0.6) is 0 Å². The van der Waals surface area contributed by atoms with E-state index < -0.39 is 23.2 Å². The number of para-hydroxylation sites is 1. The SMILES string of the molecule is CC(c1cccs1)N(C)CC(=O)Nc1c(F)cccc1F. The zero-order valence-corrected chi connectivity index (χ0v) is 12.6. The zero-order valence-electron chi connectivity index (χ0n) is 11.8. The molecule has 0 aliphatic carbocycles. The predicted molar refractivity (Wildman–Crippen MR) is 80.4 cm³/mol. The molecule has 3 nitrogen and oxygen atoms in total. The topological polar surface area (TPSA) is 32.3 Å². The molecule has 0 radical (unpaired) electrons. The number of hydrogen-bond acceptors (Lipinski definition) is 3. The third-order valence-electron chi connectivity index (χ3n) is 3.24. The van der Waals surface area contributed by atoms with Crippen LogP contribution in [-0.2, 0) is 4.79 Å². The van der Waals surface area contributed by atoms with Gasteiger partial charge < -0.3 is 5.32 Å². The van der Waals surface area contributed by atoms with E-state index in [1.54, 1.807) is 18.4 Å². The molecule has 0 saturated heterocycles. The van der Waals surface area contributed by atoms with Crippen molar-refractivity contribution in [2.75, 3.05) is 18.9 Å². The number of amides is 1. The summed E-state index contributed by atoms with van der Waals surface area (Å²) in [5.74, 6) is -2.01. The molecule has 1 aromatic carbocycles. The first-order valence-electron chi connectivity index (χ1n) is 6.46. The van der Waals surface area contributed by atoms with Crippen molar-refractivity contribution in [2.45, 2.75) is 13.0 Å². The molecule has 1 amide bonds. The number of carbonyl (C=O) groups excluding carboxylic acids is 1. The summed E-state index contributed by atoms with van der Waals surface area (Å²) >= 11 is 1.60. The van der Waals surface area contributed by atoms with Gasteiger partial charge in [-0.15, -0.1) is 11.3 Å². The number of anilines is 1. The van der Waals surface area contributed by atoms with Crippen molar-refractivity contribution in [3.05, 3.63) is 52.2 Å². The summed E-state index contributed by atoms with van der Waals surface area (Å²) < 4.78 is 26.9. The summed E-state index contributed by atoms with van der Waals surface area (Å²) in [5.41, 5.74) is -0.403. The molecule has 112 valence electrons. The molecule has 0 fully saturated rings. The molecule has 0 aliphatic heterocycles. The van der Waals surface area contributed by atoms with Crippen LogP contribution in [0.25, 0.3) is 0 Å². The van der Waals surface area contributed by atoms with Gasteiger partial charge in [-0.05, 0) is 37.6 Å². The highest BCUT2D eigenvalue weighted by Gasteiger charge is 2.17. The van der Waals surface area contributed by atoms with Crippen LogP contribution in [0.3, 0.4) is 0 Å². The van der Waals surface area contributed by atoms with E-state index in [0.717, 1.165) is 17.0 Å². The van der Waals surface area contributed by atoms with Crippen LogP contribution in [-0.4, -0.2) is 24.4 Å². The van der Waals surface area contributed by atoms with Crippen LogP contribution in [0.2, 0.25) is 0 Å². The van der Waals surface area contributed by atoms with E-state index in [0.29, 0.717) is 0 Å². The summed E-state index contributed by atoms with van der Waals surface area (Å²) in [6, 6.07) is 7.46. The van der Waals surface area contributed by atoms with Gasteiger partial charge in [0, 0.05) is 10.9 Å². The maximum Gasteiger partial charge on any atom is 0.238 e. The van der Waals surface area contributed by atoms with Gasteiger partial charge >= 0.3 is 0 Å². The number of nitrogens with one attached hydrogen (secondary N) is 1. The maximum absolute atomic E-state index is 13.5. The number of hydrogen-bond donors (Lipinski definition) is 1. The molecule has 1 heterocycles. The minimum atomic E-state index is -0.780. The van der Waals surface area contributed by atoms with E-state index in [9.17, 15) is 13.6 Å². The normalized spacial score (nSPS) is 12.4. The van der Waals surface area contributed by atoms with Crippen molar-refractivity contribution >= 4 is 22.9 Å². The van der Waals surface area contributed by atoms with Crippen LogP contribution in [0.1, 0.15) is 17.8 Å². The van der Waals surface area contributed by atoms with Gasteiger partial charge in [-0.2, -0.15) is 0 Å². The highest BCUT2D eigenvalue weighted by atomic mass is 32.1. The molecule has 6 heteroatoms. The third-order valence-corrected chi connectivity index (χ3v) is 4.28. The van der Waals surface area contributed by atoms with Crippen molar-refractivity contribution in [3.63, 3.8) is 0 Å². The molecule has 0 spiro atoms. The standard InChI is InChI=1S/C15H16F2N2OS/c1-10(13-7-4-8-21-13)19(2)9-14(20)18-15-11(16)5-3-6-12(15)17/h3-8,10H,9H2,1-2H3,(H,18,20). The molecule has 1 aromatic heterocycles. The van der Waals surface area contributed by atoms with Gasteiger partial charge in [0.05, 0.1) is 6.54 Å². The van der Waals surface area contributed by atoms with Gasteiger partial charge in [0.25, 0.3) is 0 Å². The maximum atomic E-state index is 13.5. The van der Waals surface area contributed by atoms with Crippen LogP contribution < -0.4 is 5.32 Å². The number of halogens is 2. The van der Waals surface area contributed by atoms with Crippen LogP contribution in [0.15, 0.2) is 35.7 Å². The molecular weight excluding hydrogens is 294 g/mol. The Morgan fingerprint density at radius 3 is 2.52 bits per heavy atom. The van der Waals surface area contributed by atoms with E-state index in [1.165, 1.54) is 6.07 Å². The lowest BCUT2D eigenvalue weighted by Gasteiger charge is -2.23. The molecule has 0 aliphatic rings. The minimum absolute atomic E-state index is 0.0485. The number of rotatable bonds is 5. The fraction of sp³-hybridized carbons (Fsp3) is 0.267. The summed E-state index contributed by atoms with van der Waals surface area (Å²) in [4.78, 5) is 14.9. The molecule has 0 saturated carbocycles. The van der Waals surface area contributed by atoms with E-state index in [-0.39, 0.29) is 12.6 Å². The molecule has 2 aromatic rings. The van der Waals surface area contributed by atoms with E-state index in [4.69, 9.17) is 0 Å². The van der Waals surface area contributed by atoms with Crippen LogP contribution in [0.4, 0.5) is 14.5 Å². The van der Waals surface area contributed by atoms with E-state index >= 15 is 0 Å². The van der Waals surface area contributed by atoms with Gasteiger partial charge in [0.2, 0.25) is 5.91 Å². The molecule has 1 atom stereocenters. The van der Waals surface area contributed by atoms with Gasteiger partial charge in [-0.1, -0.05) is 12.1 Å². The largest absolute Gasteiger partial charge is 0.320 e. The fourth-order valence-electron chi connectivity index (χ4n) is 1.91. The lowest BCUT2D eigenvalue weighted by atomic mass is 10.2. The van der Waals surface area contributed by atoms with Gasteiger partial charge in [-0.3, -0.25) is 9.69 Å². The Balaban J connectivity index is 1.98. The van der Waals surface area contributed by atoms with E-state index in [1.807, 2.05) is 29.3 Å². The Morgan fingerprint density at radius 1 is 1.29 bits per heavy atom. The Morgan fingerprint density at radius 2 is 1.95 bits per heavy atom. The first kappa shape index (κ1) is 15.6. The Bertz CT molecular complexity index is 596. The lowest BCUT2D eigenvalue weighted by molar-refractivity contribution is -0.117. The number of benzene rings is 1. The first-order chi connectivity index (χ1) is 9.99.